The molecule has 1 fully saturated rings. The van der Waals surface area contributed by atoms with E-state index in [0.717, 1.165) is 11.1 Å². The zero-order chi connectivity index (χ0) is 20.7. The lowest BCUT2D eigenvalue weighted by atomic mass is 9.82. The van der Waals surface area contributed by atoms with Gasteiger partial charge in [-0.2, -0.15) is 0 Å². The lowest BCUT2D eigenvalue weighted by molar-refractivity contribution is -0.122. The molecule has 148 valence electrons. The van der Waals surface area contributed by atoms with E-state index in [1.807, 2.05) is 19.9 Å². The number of hydrogen-bond acceptors (Lipinski definition) is 3. The number of benzene rings is 2. The number of carbonyl (C=O) groups is 3. The Morgan fingerprint density at radius 3 is 2.55 bits per heavy atom. The molecule has 2 aromatic rings. The molecule has 4 rings (SSSR count). The van der Waals surface area contributed by atoms with Crippen molar-refractivity contribution in [2.75, 3.05) is 10.2 Å². The number of halogens is 1. The minimum Gasteiger partial charge on any atom is -0.322 e. The first kappa shape index (κ1) is 19.4. The Morgan fingerprint density at radius 1 is 1.03 bits per heavy atom. The van der Waals surface area contributed by atoms with E-state index in [1.54, 1.807) is 42.5 Å². The predicted molar refractivity (Wildman–Crippen MR) is 113 cm³/mol. The zero-order valence-electron chi connectivity index (χ0n) is 16.2. The van der Waals surface area contributed by atoms with Crippen molar-refractivity contribution in [2.45, 2.75) is 26.7 Å². The fraction of sp³-hybridized carbons (Fsp3) is 0.261. The van der Waals surface area contributed by atoms with E-state index in [9.17, 15) is 14.4 Å². The van der Waals surface area contributed by atoms with E-state index in [0.29, 0.717) is 29.2 Å². The molecular weight excluding hydrogens is 388 g/mol. The van der Waals surface area contributed by atoms with Gasteiger partial charge in [0.1, 0.15) is 0 Å². The molecular formula is C23H21ClN2O3. The van der Waals surface area contributed by atoms with Crippen LogP contribution in [0.5, 0.6) is 0 Å². The predicted octanol–water partition coefficient (Wildman–Crippen LogP) is 4.75. The second kappa shape index (κ2) is 7.48. The van der Waals surface area contributed by atoms with Crippen LogP contribution >= 0.6 is 11.6 Å². The minimum absolute atomic E-state index is 0.230. The van der Waals surface area contributed by atoms with E-state index in [-0.39, 0.29) is 29.2 Å². The van der Waals surface area contributed by atoms with Gasteiger partial charge in [0.2, 0.25) is 11.8 Å². The molecule has 0 bridgehead atoms. The molecule has 1 aliphatic carbocycles. The summed E-state index contributed by atoms with van der Waals surface area (Å²) in [5.74, 6) is -1.55. The van der Waals surface area contributed by atoms with Crippen molar-refractivity contribution in [3.8, 4) is 0 Å². The van der Waals surface area contributed by atoms with E-state index >= 15 is 0 Å². The first-order valence-electron chi connectivity index (χ1n) is 9.57. The molecule has 2 atom stereocenters. The smallest absolute Gasteiger partial charge is 0.257 e. The van der Waals surface area contributed by atoms with Crippen molar-refractivity contribution >= 4 is 40.7 Å². The number of nitrogens with one attached hydrogen (secondary N) is 1. The standard InChI is InChI=1S/C23H21ClN2O3/c1-13-10-11-15-17(12-13)23(29)26(22(15)28)20-9-4-3-6-16(20)21(27)25-19-8-5-7-18(24)14(19)2/h3-10,15,17H,11-12H2,1-2H3,(H,25,27)/t15-,17+/m1/s1. The number of imide groups is 1. The number of amides is 3. The first-order valence-corrected chi connectivity index (χ1v) is 9.95. The Kier molecular flexibility index (Phi) is 5.01. The molecule has 0 saturated carbocycles. The lowest BCUT2D eigenvalue weighted by Crippen LogP contribution is -2.33. The van der Waals surface area contributed by atoms with Gasteiger partial charge in [-0.1, -0.05) is 41.4 Å². The highest BCUT2D eigenvalue weighted by molar-refractivity contribution is 6.32. The van der Waals surface area contributed by atoms with Gasteiger partial charge in [-0.05, 0) is 56.5 Å². The second-order valence-corrected chi connectivity index (χ2v) is 8.01. The maximum atomic E-state index is 13.1. The molecule has 0 spiro atoms. The molecule has 2 aliphatic rings. The van der Waals surface area contributed by atoms with Crippen LogP contribution in [0.1, 0.15) is 35.7 Å². The summed E-state index contributed by atoms with van der Waals surface area (Å²) in [5, 5.41) is 3.40. The molecule has 0 aromatic heterocycles. The van der Waals surface area contributed by atoms with Gasteiger partial charge in [0.25, 0.3) is 5.91 Å². The maximum absolute atomic E-state index is 13.1. The number of nitrogens with zero attached hydrogens (tertiary/aromatic N) is 1. The van der Waals surface area contributed by atoms with Gasteiger partial charge in [-0.15, -0.1) is 0 Å². The van der Waals surface area contributed by atoms with Crippen LogP contribution in [0.25, 0.3) is 0 Å². The highest BCUT2D eigenvalue weighted by Gasteiger charge is 2.49. The third kappa shape index (κ3) is 3.36. The van der Waals surface area contributed by atoms with Crippen LogP contribution in [0.2, 0.25) is 5.02 Å². The van der Waals surface area contributed by atoms with Gasteiger partial charge in [0.05, 0.1) is 23.1 Å². The van der Waals surface area contributed by atoms with Crippen LogP contribution < -0.4 is 10.2 Å². The van der Waals surface area contributed by atoms with Gasteiger partial charge in [0, 0.05) is 10.7 Å². The topological polar surface area (TPSA) is 66.5 Å². The van der Waals surface area contributed by atoms with Crippen molar-refractivity contribution in [1.29, 1.82) is 0 Å². The molecule has 2 aromatic carbocycles. The van der Waals surface area contributed by atoms with Crippen LogP contribution in [0.3, 0.4) is 0 Å². The molecule has 29 heavy (non-hydrogen) atoms. The monoisotopic (exact) mass is 408 g/mol. The molecule has 1 heterocycles. The summed E-state index contributed by atoms with van der Waals surface area (Å²) in [7, 11) is 0. The largest absolute Gasteiger partial charge is 0.322 e. The Bertz CT molecular complexity index is 1060. The number of para-hydroxylation sites is 1. The Hall–Kier alpha value is -2.92. The minimum atomic E-state index is -0.393. The van der Waals surface area contributed by atoms with Crippen molar-refractivity contribution in [3.05, 3.63) is 70.3 Å². The lowest BCUT2D eigenvalue weighted by Gasteiger charge is -2.19. The third-order valence-electron chi connectivity index (χ3n) is 5.73. The average Bonchev–Trinajstić information content (AvgIpc) is 2.95. The Balaban J connectivity index is 1.67. The van der Waals surface area contributed by atoms with Crippen molar-refractivity contribution < 1.29 is 14.4 Å². The second-order valence-electron chi connectivity index (χ2n) is 7.60. The molecule has 1 N–H and O–H groups in total. The summed E-state index contributed by atoms with van der Waals surface area (Å²) >= 11 is 6.14. The van der Waals surface area contributed by atoms with Crippen LogP contribution in [0.15, 0.2) is 54.1 Å². The number of carbonyl (C=O) groups excluding carboxylic acids is 3. The molecule has 3 amide bonds. The fourth-order valence-electron chi connectivity index (χ4n) is 4.07. The Morgan fingerprint density at radius 2 is 1.76 bits per heavy atom. The Labute approximate surface area is 174 Å². The summed E-state index contributed by atoms with van der Waals surface area (Å²) in [6.45, 7) is 3.79. The average molecular weight is 409 g/mol. The summed E-state index contributed by atoms with van der Waals surface area (Å²) in [6, 6.07) is 12.0. The van der Waals surface area contributed by atoms with Crippen LogP contribution in [-0.2, 0) is 9.59 Å². The summed E-state index contributed by atoms with van der Waals surface area (Å²) < 4.78 is 0. The third-order valence-corrected chi connectivity index (χ3v) is 6.14. The van der Waals surface area contributed by atoms with Crippen LogP contribution in [-0.4, -0.2) is 17.7 Å². The van der Waals surface area contributed by atoms with Crippen LogP contribution in [0, 0.1) is 18.8 Å². The summed E-state index contributed by atoms with van der Waals surface area (Å²) in [4.78, 5) is 40.3. The van der Waals surface area contributed by atoms with Crippen LogP contribution in [0.4, 0.5) is 11.4 Å². The molecule has 1 saturated heterocycles. The van der Waals surface area contributed by atoms with E-state index in [2.05, 4.69) is 5.32 Å². The summed E-state index contributed by atoms with van der Waals surface area (Å²) in [6.07, 6.45) is 3.17. The maximum Gasteiger partial charge on any atom is 0.257 e. The number of anilines is 2. The molecule has 5 nitrogen and oxygen atoms in total. The number of rotatable bonds is 3. The van der Waals surface area contributed by atoms with Crippen molar-refractivity contribution in [2.24, 2.45) is 11.8 Å². The first-order chi connectivity index (χ1) is 13.9. The van der Waals surface area contributed by atoms with Gasteiger partial charge in [-0.3, -0.25) is 14.4 Å². The van der Waals surface area contributed by atoms with Crippen molar-refractivity contribution in [1.82, 2.24) is 0 Å². The number of allylic oxidation sites excluding steroid dienone is 2. The van der Waals surface area contributed by atoms with Gasteiger partial charge in [0.15, 0.2) is 0 Å². The normalized spacial score (nSPS) is 21.1. The number of hydrogen-bond donors (Lipinski definition) is 1. The highest BCUT2D eigenvalue weighted by atomic mass is 35.5. The zero-order valence-corrected chi connectivity index (χ0v) is 17.0. The number of fused-ring (bicyclic) bond motifs is 1. The molecule has 1 aliphatic heterocycles. The van der Waals surface area contributed by atoms with Gasteiger partial charge >= 0.3 is 0 Å². The molecule has 6 heteroatoms. The van der Waals surface area contributed by atoms with E-state index in [4.69, 9.17) is 11.6 Å². The van der Waals surface area contributed by atoms with E-state index < -0.39 is 5.91 Å². The fourth-order valence-corrected chi connectivity index (χ4v) is 4.24. The quantitative estimate of drug-likeness (QED) is 0.588. The molecule has 0 unspecified atom stereocenters. The SMILES string of the molecule is CC1=CC[C@H]2C(=O)N(c3ccccc3C(=O)Nc3cccc(Cl)c3C)C(=O)[C@H]2C1. The molecule has 0 radical (unpaired) electrons. The summed E-state index contributed by atoms with van der Waals surface area (Å²) in [5.41, 5.74) is 3.06. The van der Waals surface area contributed by atoms with E-state index in [1.165, 1.54) is 4.90 Å². The highest BCUT2D eigenvalue weighted by Crippen LogP contribution is 2.40. The van der Waals surface area contributed by atoms with Crippen molar-refractivity contribution in [3.63, 3.8) is 0 Å². The van der Waals surface area contributed by atoms with Gasteiger partial charge in [-0.25, -0.2) is 4.90 Å². The van der Waals surface area contributed by atoms with Gasteiger partial charge < -0.3 is 5.32 Å².